The van der Waals surface area contributed by atoms with Crippen LogP contribution < -0.4 is 5.73 Å². The highest BCUT2D eigenvalue weighted by Gasteiger charge is 2.40. The average Bonchev–Trinajstić information content (AvgIpc) is 2.49. The Kier molecular flexibility index (Phi) is 3.14. The van der Waals surface area contributed by atoms with Gasteiger partial charge < -0.3 is 5.73 Å². The molecule has 1 rings (SSSR count). The first-order valence-corrected chi connectivity index (χ1v) is 5.19. The van der Waals surface area contributed by atoms with E-state index in [0.717, 1.165) is 0 Å². The first-order valence-electron chi connectivity index (χ1n) is 5.19. The van der Waals surface area contributed by atoms with Crippen molar-refractivity contribution in [2.45, 2.75) is 39.7 Å². The zero-order chi connectivity index (χ0) is 12.6. The van der Waals surface area contributed by atoms with Crippen LogP contribution in [0.5, 0.6) is 0 Å². The van der Waals surface area contributed by atoms with E-state index in [9.17, 15) is 4.79 Å². The molecule has 1 aromatic rings. The fourth-order valence-corrected chi connectivity index (χ4v) is 1.12. The van der Waals surface area contributed by atoms with E-state index < -0.39 is 11.0 Å². The van der Waals surface area contributed by atoms with Gasteiger partial charge in [0.05, 0.1) is 13.5 Å². The fraction of sp³-hybridized carbons (Fsp3) is 0.800. The molecule has 0 unspecified atom stereocenters. The van der Waals surface area contributed by atoms with E-state index in [1.54, 1.807) is 7.05 Å². The Labute approximate surface area is 95.2 Å². The molecule has 6 heteroatoms. The number of nitrogens with zero attached hydrogens (tertiary/aromatic N) is 4. The topological polar surface area (TPSA) is 86.7 Å². The summed E-state index contributed by atoms with van der Waals surface area (Å²) in [7, 11) is 1.67. The first kappa shape index (κ1) is 12.8. The van der Waals surface area contributed by atoms with E-state index in [-0.39, 0.29) is 12.2 Å². The Morgan fingerprint density at radius 1 is 1.38 bits per heavy atom. The lowest BCUT2D eigenvalue weighted by Gasteiger charge is -2.36. The molecular weight excluding hydrogens is 206 g/mol. The number of tetrazole rings is 1. The summed E-state index contributed by atoms with van der Waals surface area (Å²) in [4.78, 5) is 13.4. The minimum absolute atomic E-state index is 0.0213. The van der Waals surface area contributed by atoms with Crippen molar-refractivity contribution in [1.29, 1.82) is 0 Å². The molecule has 0 atom stereocenters. The van der Waals surface area contributed by atoms with Crippen molar-refractivity contribution in [2.75, 3.05) is 0 Å². The Bertz CT molecular complexity index is 388. The zero-order valence-electron chi connectivity index (χ0n) is 10.5. The second kappa shape index (κ2) is 3.93. The van der Waals surface area contributed by atoms with Crippen molar-refractivity contribution < 1.29 is 4.79 Å². The van der Waals surface area contributed by atoms with Crippen molar-refractivity contribution in [3.05, 3.63) is 5.82 Å². The molecule has 0 bridgehead atoms. The van der Waals surface area contributed by atoms with Crippen LogP contribution >= 0.6 is 0 Å². The molecule has 16 heavy (non-hydrogen) atoms. The van der Waals surface area contributed by atoms with Gasteiger partial charge in [-0.15, -0.1) is 10.2 Å². The second-order valence-corrected chi connectivity index (χ2v) is 5.14. The van der Waals surface area contributed by atoms with Crippen LogP contribution in [0.1, 0.15) is 33.5 Å². The number of rotatable bonds is 4. The van der Waals surface area contributed by atoms with Gasteiger partial charge in [-0.3, -0.25) is 4.79 Å². The third-order valence-corrected chi connectivity index (χ3v) is 3.18. The number of hydrogen-bond acceptors (Lipinski definition) is 5. The smallest absolute Gasteiger partial charge is 0.182 e. The van der Waals surface area contributed by atoms with Crippen LogP contribution in [0.15, 0.2) is 0 Å². The number of aromatic nitrogens is 4. The molecule has 6 nitrogen and oxygen atoms in total. The molecule has 0 radical (unpaired) electrons. The van der Waals surface area contributed by atoms with Crippen LogP contribution in [0.2, 0.25) is 0 Å². The Morgan fingerprint density at radius 2 is 1.94 bits per heavy atom. The van der Waals surface area contributed by atoms with E-state index in [1.807, 2.05) is 27.7 Å². The molecule has 0 amide bonds. The Morgan fingerprint density at radius 3 is 2.31 bits per heavy atom. The predicted molar refractivity (Wildman–Crippen MR) is 59.6 cm³/mol. The number of carbonyl (C=O) groups is 1. The summed E-state index contributed by atoms with van der Waals surface area (Å²) in [5, 5.41) is 11.5. The van der Waals surface area contributed by atoms with Gasteiger partial charge in [-0.05, 0) is 19.1 Å². The molecule has 1 aromatic heterocycles. The normalized spacial score (nSPS) is 12.9. The summed E-state index contributed by atoms with van der Waals surface area (Å²) in [6.07, 6.45) is 0.168. The van der Waals surface area contributed by atoms with Gasteiger partial charge >= 0.3 is 0 Å². The van der Waals surface area contributed by atoms with E-state index in [0.29, 0.717) is 5.82 Å². The van der Waals surface area contributed by atoms with E-state index in [4.69, 9.17) is 5.73 Å². The fourth-order valence-electron chi connectivity index (χ4n) is 1.12. The van der Waals surface area contributed by atoms with E-state index >= 15 is 0 Å². The lowest BCUT2D eigenvalue weighted by atomic mass is 9.71. The molecule has 0 saturated carbocycles. The van der Waals surface area contributed by atoms with Crippen molar-refractivity contribution in [3.63, 3.8) is 0 Å². The molecule has 0 spiro atoms. The van der Waals surface area contributed by atoms with Gasteiger partial charge in [0.25, 0.3) is 0 Å². The number of hydrogen-bond donors (Lipinski definition) is 1. The van der Waals surface area contributed by atoms with Crippen molar-refractivity contribution in [1.82, 2.24) is 20.2 Å². The van der Waals surface area contributed by atoms with Gasteiger partial charge in [0.15, 0.2) is 5.82 Å². The maximum atomic E-state index is 12.1. The lowest BCUT2D eigenvalue weighted by Crippen LogP contribution is -2.52. The molecule has 0 saturated heterocycles. The number of carbonyl (C=O) groups excluding carboxylic acids is 1. The molecule has 0 aliphatic carbocycles. The third-order valence-electron chi connectivity index (χ3n) is 3.18. The standard InChI is InChI=1S/C10H19N5O/c1-9(2,10(3,4)11)7(16)6-8-12-14-15(5)13-8/h6,11H2,1-5H3. The third kappa shape index (κ3) is 2.44. The number of ketones is 1. The van der Waals surface area contributed by atoms with E-state index in [1.165, 1.54) is 4.80 Å². The molecular formula is C10H19N5O. The number of nitrogens with two attached hydrogens (primary N) is 1. The molecule has 90 valence electrons. The van der Waals surface area contributed by atoms with Gasteiger partial charge in [-0.25, -0.2) is 0 Å². The van der Waals surface area contributed by atoms with Gasteiger partial charge in [0.1, 0.15) is 5.78 Å². The molecule has 1 heterocycles. The molecule has 0 aromatic carbocycles. The average molecular weight is 225 g/mol. The minimum Gasteiger partial charge on any atom is -0.325 e. The Balaban J connectivity index is 2.80. The summed E-state index contributed by atoms with van der Waals surface area (Å²) in [5.74, 6) is 0.456. The van der Waals surface area contributed by atoms with E-state index in [2.05, 4.69) is 15.4 Å². The van der Waals surface area contributed by atoms with Crippen LogP contribution in [-0.2, 0) is 18.3 Å². The van der Waals surface area contributed by atoms with Crippen molar-refractivity contribution in [3.8, 4) is 0 Å². The summed E-state index contributed by atoms with van der Waals surface area (Å²) >= 11 is 0. The minimum atomic E-state index is -0.619. The molecule has 0 aliphatic heterocycles. The highest BCUT2D eigenvalue weighted by atomic mass is 16.1. The van der Waals surface area contributed by atoms with Crippen molar-refractivity contribution >= 4 is 5.78 Å². The zero-order valence-corrected chi connectivity index (χ0v) is 10.5. The van der Waals surface area contributed by atoms with Crippen LogP contribution in [-0.4, -0.2) is 31.5 Å². The summed E-state index contributed by atoms with van der Waals surface area (Å²) in [6, 6.07) is 0. The molecule has 0 aliphatic rings. The monoisotopic (exact) mass is 225 g/mol. The second-order valence-electron chi connectivity index (χ2n) is 5.14. The van der Waals surface area contributed by atoms with Gasteiger partial charge in [0, 0.05) is 11.0 Å². The van der Waals surface area contributed by atoms with Crippen LogP contribution in [0.25, 0.3) is 0 Å². The van der Waals surface area contributed by atoms with Gasteiger partial charge in [0.2, 0.25) is 0 Å². The first-order chi connectivity index (χ1) is 7.14. The van der Waals surface area contributed by atoms with Gasteiger partial charge in [-0.2, -0.15) is 4.80 Å². The summed E-state index contributed by atoms with van der Waals surface area (Å²) < 4.78 is 0. The van der Waals surface area contributed by atoms with Crippen LogP contribution in [0.4, 0.5) is 0 Å². The largest absolute Gasteiger partial charge is 0.325 e. The van der Waals surface area contributed by atoms with Gasteiger partial charge in [-0.1, -0.05) is 13.8 Å². The number of Topliss-reactive ketones (excluding diaryl/α,β-unsaturated/α-hetero) is 1. The molecule has 2 N–H and O–H groups in total. The summed E-state index contributed by atoms with van der Waals surface area (Å²) in [6.45, 7) is 7.36. The lowest BCUT2D eigenvalue weighted by molar-refractivity contribution is -0.129. The quantitative estimate of drug-likeness (QED) is 0.784. The SMILES string of the molecule is Cn1nnc(CC(=O)C(C)(C)C(C)(C)N)n1. The summed E-state index contributed by atoms with van der Waals surface area (Å²) in [5.41, 5.74) is 4.79. The Hall–Kier alpha value is -1.30. The highest BCUT2D eigenvalue weighted by molar-refractivity contribution is 5.86. The highest BCUT2D eigenvalue weighted by Crippen LogP contribution is 2.30. The van der Waals surface area contributed by atoms with Crippen molar-refractivity contribution in [2.24, 2.45) is 18.2 Å². The van der Waals surface area contributed by atoms with Crippen LogP contribution in [0, 0.1) is 5.41 Å². The number of aryl methyl sites for hydroxylation is 1. The maximum Gasteiger partial charge on any atom is 0.182 e. The maximum absolute atomic E-state index is 12.1. The van der Waals surface area contributed by atoms with Crippen LogP contribution in [0.3, 0.4) is 0 Å². The predicted octanol–water partition coefficient (Wildman–Crippen LogP) is 0.0852. The molecule has 0 fully saturated rings.